The molecule has 0 bridgehead atoms. The predicted octanol–water partition coefficient (Wildman–Crippen LogP) is 2.15. The van der Waals surface area contributed by atoms with Gasteiger partial charge in [0.25, 0.3) is 5.91 Å². The van der Waals surface area contributed by atoms with Gasteiger partial charge in [-0.05, 0) is 37.1 Å². The molecule has 1 fully saturated rings. The van der Waals surface area contributed by atoms with Gasteiger partial charge in [-0.2, -0.15) is 0 Å². The Labute approximate surface area is 114 Å². The summed E-state index contributed by atoms with van der Waals surface area (Å²) in [5.74, 6) is 0.615. The smallest absolute Gasteiger partial charge is 0.254 e. The van der Waals surface area contributed by atoms with Crippen molar-refractivity contribution >= 4 is 11.6 Å². The molecule has 0 aromatic heterocycles. The molecule has 1 aromatic carbocycles. The summed E-state index contributed by atoms with van der Waals surface area (Å²) < 4.78 is 5.17. The van der Waals surface area contributed by atoms with Gasteiger partial charge >= 0.3 is 0 Å². The fourth-order valence-electron chi connectivity index (χ4n) is 2.62. The average molecular weight is 262 g/mol. The van der Waals surface area contributed by atoms with E-state index in [1.165, 1.54) is 0 Å². The van der Waals surface area contributed by atoms with E-state index in [-0.39, 0.29) is 5.91 Å². The maximum absolute atomic E-state index is 12.5. The largest absolute Gasteiger partial charge is 0.388 e. The summed E-state index contributed by atoms with van der Waals surface area (Å²) in [4.78, 5) is 14.4. The Bertz CT molecular complexity index is 459. The number of ether oxygens (including phenoxy) is 1. The van der Waals surface area contributed by atoms with E-state index >= 15 is 0 Å². The number of hydrogen-bond donors (Lipinski definition) is 1. The number of aryl methyl sites for hydroxylation is 1. The fraction of sp³-hybridized carbons (Fsp3) is 0.533. The van der Waals surface area contributed by atoms with Crippen LogP contribution in [0.2, 0.25) is 0 Å². The molecule has 1 saturated heterocycles. The van der Waals surface area contributed by atoms with Crippen LogP contribution in [0.25, 0.3) is 0 Å². The molecule has 0 aliphatic carbocycles. The van der Waals surface area contributed by atoms with Crippen molar-refractivity contribution in [2.45, 2.75) is 13.3 Å². The highest BCUT2D eigenvalue weighted by Gasteiger charge is 2.27. The highest BCUT2D eigenvalue weighted by Crippen LogP contribution is 2.22. The number of likely N-dealkylation sites (tertiary alicyclic amines) is 1. The maximum Gasteiger partial charge on any atom is 0.254 e. The van der Waals surface area contributed by atoms with Crippen LogP contribution in [-0.4, -0.2) is 44.7 Å². The van der Waals surface area contributed by atoms with Gasteiger partial charge in [-0.15, -0.1) is 0 Å². The number of rotatable bonds is 4. The van der Waals surface area contributed by atoms with Crippen LogP contribution < -0.4 is 5.32 Å². The molecule has 4 heteroatoms. The van der Waals surface area contributed by atoms with E-state index in [4.69, 9.17) is 4.74 Å². The van der Waals surface area contributed by atoms with Crippen molar-refractivity contribution in [1.82, 2.24) is 4.90 Å². The van der Waals surface area contributed by atoms with Gasteiger partial charge in [-0.1, -0.05) is 0 Å². The molecule has 2 rings (SSSR count). The summed E-state index contributed by atoms with van der Waals surface area (Å²) in [5, 5.41) is 3.09. The lowest BCUT2D eigenvalue weighted by Gasteiger charge is -2.18. The number of anilines is 1. The number of nitrogens with zero attached hydrogens (tertiary/aromatic N) is 1. The summed E-state index contributed by atoms with van der Waals surface area (Å²) >= 11 is 0. The molecule has 0 saturated carbocycles. The van der Waals surface area contributed by atoms with Crippen molar-refractivity contribution in [2.24, 2.45) is 5.92 Å². The van der Waals surface area contributed by atoms with Gasteiger partial charge in [-0.3, -0.25) is 4.79 Å². The summed E-state index contributed by atoms with van der Waals surface area (Å²) in [6, 6.07) is 5.87. The SMILES string of the molecule is CNc1ccc(C(=O)N2CCC(COC)C2)c(C)c1. The van der Waals surface area contributed by atoms with Crippen LogP contribution in [0.3, 0.4) is 0 Å². The second kappa shape index (κ2) is 6.06. The molecule has 1 aliphatic heterocycles. The number of hydrogen-bond acceptors (Lipinski definition) is 3. The van der Waals surface area contributed by atoms with Crippen molar-refractivity contribution in [3.63, 3.8) is 0 Å². The van der Waals surface area contributed by atoms with Crippen molar-refractivity contribution in [3.05, 3.63) is 29.3 Å². The minimum absolute atomic E-state index is 0.138. The standard InChI is InChI=1S/C15H22N2O2/c1-11-8-13(16-2)4-5-14(11)15(18)17-7-6-12(9-17)10-19-3/h4-5,8,12,16H,6-7,9-10H2,1-3H3. The molecule has 1 unspecified atom stereocenters. The Balaban J connectivity index is 2.08. The van der Waals surface area contributed by atoms with Gasteiger partial charge in [0.2, 0.25) is 0 Å². The van der Waals surface area contributed by atoms with E-state index < -0.39 is 0 Å². The maximum atomic E-state index is 12.5. The van der Waals surface area contributed by atoms with Gasteiger partial charge in [-0.25, -0.2) is 0 Å². The third-order valence-corrected chi connectivity index (χ3v) is 3.72. The quantitative estimate of drug-likeness (QED) is 0.904. The van der Waals surface area contributed by atoms with Crippen LogP contribution in [-0.2, 0) is 4.74 Å². The first-order valence-corrected chi connectivity index (χ1v) is 6.72. The third-order valence-electron chi connectivity index (χ3n) is 3.72. The molecule has 1 aliphatic rings. The minimum atomic E-state index is 0.138. The summed E-state index contributed by atoms with van der Waals surface area (Å²) in [5.41, 5.74) is 2.86. The predicted molar refractivity (Wildman–Crippen MR) is 76.6 cm³/mol. The summed E-state index contributed by atoms with van der Waals surface area (Å²) in [7, 11) is 3.59. The van der Waals surface area contributed by atoms with Gasteiger partial charge in [0.05, 0.1) is 6.61 Å². The Kier molecular flexibility index (Phi) is 4.43. The Morgan fingerprint density at radius 3 is 2.95 bits per heavy atom. The van der Waals surface area contributed by atoms with Crippen LogP contribution in [0.1, 0.15) is 22.3 Å². The number of carbonyl (C=O) groups excluding carboxylic acids is 1. The van der Waals surface area contributed by atoms with Gasteiger partial charge in [0.15, 0.2) is 0 Å². The van der Waals surface area contributed by atoms with Gasteiger partial charge in [0.1, 0.15) is 0 Å². The topological polar surface area (TPSA) is 41.6 Å². The van der Waals surface area contributed by atoms with Crippen molar-refractivity contribution in [2.75, 3.05) is 39.2 Å². The lowest BCUT2D eigenvalue weighted by Crippen LogP contribution is -2.29. The highest BCUT2D eigenvalue weighted by atomic mass is 16.5. The van der Waals surface area contributed by atoms with Crippen LogP contribution in [0.5, 0.6) is 0 Å². The molecule has 1 heterocycles. The molecular formula is C15H22N2O2. The van der Waals surface area contributed by atoms with E-state index in [9.17, 15) is 4.79 Å². The van der Waals surface area contributed by atoms with Gasteiger partial charge in [0, 0.05) is 44.4 Å². The van der Waals surface area contributed by atoms with E-state index in [0.29, 0.717) is 5.92 Å². The lowest BCUT2D eigenvalue weighted by molar-refractivity contribution is 0.0775. The number of nitrogens with one attached hydrogen (secondary N) is 1. The Hall–Kier alpha value is -1.55. The van der Waals surface area contributed by atoms with E-state index in [2.05, 4.69) is 5.32 Å². The zero-order chi connectivity index (χ0) is 13.8. The summed E-state index contributed by atoms with van der Waals surface area (Å²) in [6.07, 6.45) is 1.03. The van der Waals surface area contributed by atoms with Crippen LogP contribution in [0, 0.1) is 12.8 Å². The van der Waals surface area contributed by atoms with E-state index in [1.54, 1.807) is 7.11 Å². The summed E-state index contributed by atoms with van der Waals surface area (Å²) in [6.45, 7) is 4.36. The fourth-order valence-corrected chi connectivity index (χ4v) is 2.62. The first-order valence-electron chi connectivity index (χ1n) is 6.72. The average Bonchev–Trinajstić information content (AvgIpc) is 2.87. The Morgan fingerprint density at radius 2 is 2.32 bits per heavy atom. The van der Waals surface area contributed by atoms with E-state index in [0.717, 1.165) is 42.9 Å². The number of benzene rings is 1. The van der Waals surface area contributed by atoms with Crippen LogP contribution >= 0.6 is 0 Å². The molecule has 1 amide bonds. The zero-order valence-electron chi connectivity index (χ0n) is 11.9. The molecule has 0 radical (unpaired) electrons. The first-order chi connectivity index (χ1) is 9.15. The molecule has 1 aromatic rings. The number of methoxy groups -OCH3 is 1. The monoisotopic (exact) mass is 262 g/mol. The minimum Gasteiger partial charge on any atom is -0.388 e. The second-order valence-corrected chi connectivity index (χ2v) is 5.14. The first kappa shape index (κ1) is 13.9. The zero-order valence-corrected chi connectivity index (χ0v) is 11.9. The molecular weight excluding hydrogens is 240 g/mol. The lowest BCUT2D eigenvalue weighted by atomic mass is 10.1. The molecule has 1 N–H and O–H groups in total. The second-order valence-electron chi connectivity index (χ2n) is 5.14. The Morgan fingerprint density at radius 1 is 1.53 bits per heavy atom. The normalized spacial score (nSPS) is 18.7. The van der Waals surface area contributed by atoms with Crippen molar-refractivity contribution in [1.29, 1.82) is 0 Å². The van der Waals surface area contributed by atoms with Crippen molar-refractivity contribution < 1.29 is 9.53 Å². The van der Waals surface area contributed by atoms with Crippen molar-refractivity contribution in [3.8, 4) is 0 Å². The number of carbonyl (C=O) groups is 1. The van der Waals surface area contributed by atoms with E-state index in [1.807, 2.05) is 37.1 Å². The third kappa shape index (κ3) is 3.07. The van der Waals surface area contributed by atoms with Crippen LogP contribution in [0.4, 0.5) is 5.69 Å². The molecule has 1 atom stereocenters. The molecule has 0 spiro atoms. The molecule has 19 heavy (non-hydrogen) atoms. The van der Waals surface area contributed by atoms with Crippen LogP contribution in [0.15, 0.2) is 18.2 Å². The number of amides is 1. The highest BCUT2D eigenvalue weighted by molar-refractivity contribution is 5.96. The van der Waals surface area contributed by atoms with Gasteiger partial charge < -0.3 is 15.0 Å². The molecule has 4 nitrogen and oxygen atoms in total. The molecule has 104 valence electrons.